The van der Waals surface area contributed by atoms with Crippen LogP contribution < -0.4 is 0 Å². The number of amides is 1. The Morgan fingerprint density at radius 1 is 1.22 bits per heavy atom. The SMILES string of the molecule is O=C(O)C1CCO[C@H]1C1CCN(C(=O)c2cccc(Br)c2)CC1. The Bertz CT molecular complexity index is 598. The highest BCUT2D eigenvalue weighted by molar-refractivity contribution is 9.10. The molecule has 1 aromatic rings. The van der Waals surface area contributed by atoms with Crippen molar-refractivity contribution < 1.29 is 19.4 Å². The second-order valence-corrected chi connectivity index (χ2v) is 7.12. The second kappa shape index (κ2) is 7.01. The Labute approximate surface area is 143 Å². The Morgan fingerprint density at radius 3 is 2.61 bits per heavy atom. The number of carbonyl (C=O) groups excluding carboxylic acids is 1. The van der Waals surface area contributed by atoms with Gasteiger partial charge >= 0.3 is 5.97 Å². The predicted octanol–water partition coefficient (Wildman–Crippen LogP) is 2.79. The highest BCUT2D eigenvalue weighted by Gasteiger charge is 2.40. The zero-order valence-electron chi connectivity index (χ0n) is 12.8. The summed E-state index contributed by atoms with van der Waals surface area (Å²) in [6.45, 7) is 1.84. The topological polar surface area (TPSA) is 66.8 Å². The number of carboxylic acid groups (broad SMARTS) is 1. The Kier molecular flexibility index (Phi) is 5.02. The average Bonchev–Trinajstić information content (AvgIpc) is 3.04. The first-order valence-corrected chi connectivity index (χ1v) is 8.75. The molecule has 23 heavy (non-hydrogen) atoms. The number of likely N-dealkylation sites (tertiary alicyclic amines) is 1. The van der Waals surface area contributed by atoms with Gasteiger partial charge in [-0.05, 0) is 43.4 Å². The number of aliphatic carboxylic acids is 1. The van der Waals surface area contributed by atoms with Crippen molar-refractivity contribution >= 4 is 27.8 Å². The third-order valence-corrected chi connectivity index (χ3v) is 5.31. The van der Waals surface area contributed by atoms with Crippen molar-refractivity contribution in [3.8, 4) is 0 Å². The van der Waals surface area contributed by atoms with E-state index in [0.717, 1.165) is 17.3 Å². The number of ether oxygens (including phenoxy) is 1. The molecule has 3 rings (SSSR count). The molecule has 0 spiro atoms. The minimum Gasteiger partial charge on any atom is -0.481 e. The molecule has 2 aliphatic rings. The summed E-state index contributed by atoms with van der Waals surface area (Å²) in [5.74, 6) is -0.899. The van der Waals surface area contributed by atoms with Gasteiger partial charge in [-0.15, -0.1) is 0 Å². The molecule has 0 aliphatic carbocycles. The largest absolute Gasteiger partial charge is 0.481 e. The van der Waals surface area contributed by atoms with Crippen molar-refractivity contribution in [3.63, 3.8) is 0 Å². The van der Waals surface area contributed by atoms with Crippen molar-refractivity contribution in [2.45, 2.75) is 25.4 Å². The van der Waals surface area contributed by atoms with Crippen LogP contribution in [0.5, 0.6) is 0 Å². The quantitative estimate of drug-likeness (QED) is 0.873. The van der Waals surface area contributed by atoms with E-state index >= 15 is 0 Å². The first-order valence-electron chi connectivity index (χ1n) is 7.95. The van der Waals surface area contributed by atoms with Crippen molar-refractivity contribution in [2.24, 2.45) is 11.8 Å². The van der Waals surface area contributed by atoms with Gasteiger partial charge in [0.15, 0.2) is 0 Å². The highest BCUT2D eigenvalue weighted by atomic mass is 79.9. The van der Waals surface area contributed by atoms with Crippen LogP contribution in [0.3, 0.4) is 0 Å². The van der Waals surface area contributed by atoms with Crippen LogP contribution in [0.15, 0.2) is 28.7 Å². The van der Waals surface area contributed by atoms with Crippen LogP contribution in [0, 0.1) is 11.8 Å². The molecular formula is C17H20BrNO4. The summed E-state index contributed by atoms with van der Waals surface area (Å²) in [4.78, 5) is 25.7. The minimum atomic E-state index is -0.764. The molecular weight excluding hydrogens is 362 g/mol. The van der Waals surface area contributed by atoms with E-state index in [4.69, 9.17) is 4.74 Å². The number of benzene rings is 1. The smallest absolute Gasteiger partial charge is 0.309 e. The lowest BCUT2D eigenvalue weighted by Gasteiger charge is -2.35. The molecule has 2 heterocycles. The number of carbonyl (C=O) groups is 2. The van der Waals surface area contributed by atoms with Crippen molar-refractivity contribution in [2.75, 3.05) is 19.7 Å². The number of nitrogens with zero attached hydrogens (tertiary/aromatic N) is 1. The minimum absolute atomic E-state index is 0.0341. The molecule has 0 radical (unpaired) electrons. The summed E-state index contributed by atoms with van der Waals surface area (Å²) in [7, 11) is 0. The molecule has 6 heteroatoms. The van der Waals surface area contributed by atoms with Gasteiger partial charge in [-0.2, -0.15) is 0 Å². The molecule has 1 amide bonds. The number of rotatable bonds is 3. The van der Waals surface area contributed by atoms with Crippen LogP contribution in [-0.4, -0.2) is 47.7 Å². The number of hydrogen-bond acceptors (Lipinski definition) is 3. The summed E-state index contributed by atoms with van der Waals surface area (Å²) in [5, 5.41) is 9.28. The molecule has 1 unspecified atom stereocenters. The maximum Gasteiger partial charge on any atom is 0.309 e. The molecule has 124 valence electrons. The first kappa shape index (κ1) is 16.5. The molecule has 0 saturated carbocycles. The van der Waals surface area contributed by atoms with Gasteiger partial charge in [0.25, 0.3) is 5.91 Å². The van der Waals surface area contributed by atoms with Gasteiger partial charge in [-0.25, -0.2) is 0 Å². The fraction of sp³-hybridized carbons (Fsp3) is 0.529. The van der Waals surface area contributed by atoms with E-state index in [2.05, 4.69) is 15.9 Å². The van der Waals surface area contributed by atoms with Crippen LogP contribution in [-0.2, 0) is 9.53 Å². The fourth-order valence-electron chi connectivity index (χ4n) is 3.58. The van der Waals surface area contributed by atoms with Gasteiger partial charge in [-0.3, -0.25) is 9.59 Å². The number of hydrogen-bond donors (Lipinski definition) is 1. The summed E-state index contributed by atoms with van der Waals surface area (Å²) < 4.78 is 6.56. The van der Waals surface area contributed by atoms with E-state index in [9.17, 15) is 14.7 Å². The number of carboxylic acids is 1. The summed E-state index contributed by atoms with van der Waals surface area (Å²) >= 11 is 3.39. The molecule has 1 N–H and O–H groups in total. The Hall–Kier alpha value is -1.40. The van der Waals surface area contributed by atoms with Gasteiger partial charge in [0, 0.05) is 29.7 Å². The van der Waals surface area contributed by atoms with Crippen molar-refractivity contribution in [1.82, 2.24) is 4.90 Å². The first-order chi connectivity index (χ1) is 11.1. The van der Waals surface area contributed by atoms with Crippen LogP contribution in [0.2, 0.25) is 0 Å². The molecule has 5 nitrogen and oxygen atoms in total. The van der Waals surface area contributed by atoms with Crippen LogP contribution in [0.25, 0.3) is 0 Å². The molecule has 2 saturated heterocycles. The molecule has 0 aromatic heterocycles. The second-order valence-electron chi connectivity index (χ2n) is 6.21. The third-order valence-electron chi connectivity index (χ3n) is 4.82. The summed E-state index contributed by atoms with van der Waals surface area (Å²) in [6.07, 6.45) is 2.00. The highest BCUT2D eigenvalue weighted by Crippen LogP contribution is 2.33. The molecule has 1 aromatic carbocycles. The number of piperidine rings is 1. The third kappa shape index (κ3) is 3.58. The van der Waals surface area contributed by atoms with E-state index in [1.807, 2.05) is 29.2 Å². The van der Waals surface area contributed by atoms with E-state index in [-0.39, 0.29) is 17.9 Å². The van der Waals surface area contributed by atoms with E-state index in [1.165, 1.54) is 0 Å². The van der Waals surface area contributed by atoms with Crippen LogP contribution in [0.4, 0.5) is 0 Å². The van der Waals surface area contributed by atoms with Gasteiger partial charge in [0.05, 0.1) is 12.0 Å². The van der Waals surface area contributed by atoms with Gasteiger partial charge < -0.3 is 14.7 Å². The van der Waals surface area contributed by atoms with Gasteiger partial charge in [0.2, 0.25) is 0 Å². The lowest BCUT2D eigenvalue weighted by molar-refractivity contribution is -0.145. The summed E-state index contributed by atoms with van der Waals surface area (Å²) in [5.41, 5.74) is 0.679. The van der Waals surface area contributed by atoms with E-state index in [0.29, 0.717) is 31.7 Å². The molecule has 2 fully saturated rings. The van der Waals surface area contributed by atoms with Gasteiger partial charge in [0.1, 0.15) is 0 Å². The fourth-order valence-corrected chi connectivity index (χ4v) is 3.97. The maximum atomic E-state index is 12.5. The van der Waals surface area contributed by atoms with Crippen molar-refractivity contribution in [1.29, 1.82) is 0 Å². The zero-order chi connectivity index (χ0) is 16.4. The molecule has 0 bridgehead atoms. The Balaban J connectivity index is 1.60. The van der Waals surface area contributed by atoms with Crippen LogP contribution >= 0.6 is 15.9 Å². The van der Waals surface area contributed by atoms with E-state index in [1.54, 1.807) is 0 Å². The van der Waals surface area contributed by atoms with E-state index < -0.39 is 11.9 Å². The zero-order valence-corrected chi connectivity index (χ0v) is 14.4. The lowest BCUT2D eigenvalue weighted by atomic mass is 9.84. The number of halogens is 1. The van der Waals surface area contributed by atoms with Gasteiger partial charge in [-0.1, -0.05) is 22.0 Å². The monoisotopic (exact) mass is 381 g/mol. The summed E-state index contributed by atoms with van der Waals surface area (Å²) in [6, 6.07) is 7.40. The van der Waals surface area contributed by atoms with Crippen LogP contribution in [0.1, 0.15) is 29.6 Å². The predicted molar refractivity (Wildman–Crippen MR) is 88.3 cm³/mol. The normalized spacial score (nSPS) is 25.5. The molecule has 2 aliphatic heterocycles. The lowest BCUT2D eigenvalue weighted by Crippen LogP contribution is -2.43. The van der Waals surface area contributed by atoms with Crippen molar-refractivity contribution in [3.05, 3.63) is 34.3 Å². The average molecular weight is 382 g/mol. The maximum absolute atomic E-state index is 12.5. The molecule has 2 atom stereocenters. The standard InChI is InChI=1S/C17H20BrNO4/c18-13-3-1-2-12(10-13)16(20)19-7-4-11(5-8-19)15-14(17(21)22)6-9-23-15/h1-3,10-11,14-15H,4-9H2,(H,21,22)/t14?,15-/m0/s1. The Morgan fingerprint density at radius 2 is 1.96 bits per heavy atom.